The van der Waals surface area contributed by atoms with E-state index in [1.165, 1.54) is 4.90 Å². The van der Waals surface area contributed by atoms with Crippen molar-refractivity contribution in [1.82, 2.24) is 4.90 Å². The van der Waals surface area contributed by atoms with E-state index in [1.807, 2.05) is 0 Å². The predicted molar refractivity (Wildman–Crippen MR) is 73.0 cm³/mol. The fourth-order valence-electron chi connectivity index (χ4n) is 1.46. The summed E-state index contributed by atoms with van der Waals surface area (Å²) in [5, 5.41) is 11.8. The van der Waals surface area contributed by atoms with Crippen LogP contribution in [-0.4, -0.2) is 41.5 Å². The van der Waals surface area contributed by atoms with Crippen LogP contribution >= 0.6 is 11.6 Å². The Kier molecular flexibility index (Phi) is 5.86. The Balaban J connectivity index is 2.57. The van der Waals surface area contributed by atoms with Crippen LogP contribution in [0.1, 0.15) is 0 Å². The summed E-state index contributed by atoms with van der Waals surface area (Å²) in [6, 6.07) is 6.68. The third-order valence-corrected chi connectivity index (χ3v) is 2.38. The Bertz CT molecular complexity index is 511. The zero-order valence-electron chi connectivity index (χ0n) is 10.1. The molecule has 0 spiro atoms. The summed E-state index contributed by atoms with van der Waals surface area (Å²) in [4.78, 5) is 23.7. The number of anilines is 1. The van der Waals surface area contributed by atoms with Crippen molar-refractivity contribution in [3.8, 4) is 12.3 Å². The summed E-state index contributed by atoms with van der Waals surface area (Å²) in [5.74, 6) is 0.928. The molecule has 19 heavy (non-hydrogen) atoms. The van der Waals surface area contributed by atoms with Gasteiger partial charge in [-0.1, -0.05) is 23.6 Å². The van der Waals surface area contributed by atoms with Crippen molar-refractivity contribution in [3.05, 3.63) is 29.3 Å². The maximum atomic E-state index is 11.7. The van der Waals surface area contributed by atoms with Gasteiger partial charge in [0.15, 0.2) is 0 Å². The van der Waals surface area contributed by atoms with Gasteiger partial charge in [0, 0.05) is 10.7 Å². The van der Waals surface area contributed by atoms with E-state index in [9.17, 15) is 9.59 Å². The highest BCUT2D eigenvalue weighted by atomic mass is 35.5. The fraction of sp³-hybridized carbons (Fsp3) is 0.231. The lowest BCUT2D eigenvalue weighted by Crippen LogP contribution is -2.37. The molecule has 0 aliphatic heterocycles. The van der Waals surface area contributed by atoms with Crippen molar-refractivity contribution in [2.45, 2.75) is 0 Å². The van der Waals surface area contributed by atoms with Crippen molar-refractivity contribution in [1.29, 1.82) is 0 Å². The lowest BCUT2D eigenvalue weighted by Gasteiger charge is -2.16. The lowest BCUT2D eigenvalue weighted by atomic mass is 10.3. The van der Waals surface area contributed by atoms with Crippen LogP contribution in [-0.2, 0) is 9.59 Å². The molecule has 0 aliphatic carbocycles. The molecule has 0 unspecified atom stereocenters. The molecule has 1 aromatic carbocycles. The SMILES string of the molecule is C#CCN(CC(=O)O)CC(=O)Nc1cccc(Cl)c1. The molecule has 5 nitrogen and oxygen atoms in total. The number of carbonyl (C=O) groups is 2. The summed E-state index contributed by atoms with van der Waals surface area (Å²) in [7, 11) is 0. The molecule has 6 heteroatoms. The number of halogens is 1. The molecular weight excluding hydrogens is 268 g/mol. The number of hydrogen-bond acceptors (Lipinski definition) is 3. The Labute approximate surface area is 116 Å². The van der Waals surface area contributed by atoms with Gasteiger partial charge < -0.3 is 10.4 Å². The summed E-state index contributed by atoms with van der Waals surface area (Å²) in [5.41, 5.74) is 0.550. The highest BCUT2D eigenvalue weighted by molar-refractivity contribution is 6.30. The van der Waals surface area contributed by atoms with Gasteiger partial charge in [0.1, 0.15) is 0 Å². The van der Waals surface area contributed by atoms with Gasteiger partial charge in [-0.15, -0.1) is 6.42 Å². The van der Waals surface area contributed by atoms with E-state index in [4.69, 9.17) is 23.1 Å². The number of aliphatic carboxylic acids is 1. The highest BCUT2D eigenvalue weighted by Gasteiger charge is 2.13. The first-order chi connectivity index (χ1) is 9.01. The quantitative estimate of drug-likeness (QED) is 0.771. The number of benzene rings is 1. The molecule has 0 saturated heterocycles. The van der Waals surface area contributed by atoms with Gasteiger partial charge in [0.2, 0.25) is 5.91 Å². The first kappa shape index (κ1) is 15.0. The van der Waals surface area contributed by atoms with E-state index in [0.29, 0.717) is 10.7 Å². The molecule has 0 radical (unpaired) electrons. The number of carboxylic acid groups (broad SMARTS) is 1. The molecular formula is C13H13ClN2O3. The van der Waals surface area contributed by atoms with Crippen LogP contribution in [0.15, 0.2) is 24.3 Å². The number of hydrogen-bond donors (Lipinski definition) is 2. The van der Waals surface area contributed by atoms with Crippen molar-refractivity contribution < 1.29 is 14.7 Å². The molecule has 0 atom stereocenters. The molecule has 1 rings (SSSR count). The largest absolute Gasteiger partial charge is 0.480 e. The van der Waals surface area contributed by atoms with Crippen LogP contribution in [0.25, 0.3) is 0 Å². The summed E-state index contributed by atoms with van der Waals surface area (Å²) >= 11 is 5.79. The van der Waals surface area contributed by atoms with Crippen LogP contribution < -0.4 is 5.32 Å². The Morgan fingerprint density at radius 3 is 2.74 bits per heavy atom. The number of amides is 1. The minimum atomic E-state index is -1.04. The van der Waals surface area contributed by atoms with Crippen molar-refractivity contribution >= 4 is 29.2 Å². The number of nitrogens with one attached hydrogen (secondary N) is 1. The standard InChI is InChI=1S/C13H13ClN2O3/c1-2-6-16(9-13(18)19)8-12(17)15-11-5-3-4-10(14)7-11/h1,3-5,7H,6,8-9H2,(H,15,17)(H,18,19). The Morgan fingerprint density at radius 1 is 1.42 bits per heavy atom. The molecule has 0 heterocycles. The molecule has 100 valence electrons. The number of carboxylic acids is 1. The zero-order chi connectivity index (χ0) is 14.3. The Hall–Kier alpha value is -2.03. The third kappa shape index (κ3) is 5.91. The highest BCUT2D eigenvalue weighted by Crippen LogP contribution is 2.14. The van der Waals surface area contributed by atoms with Gasteiger partial charge in [0.05, 0.1) is 19.6 Å². The van der Waals surface area contributed by atoms with Crippen molar-refractivity contribution in [2.75, 3.05) is 25.0 Å². The summed E-state index contributed by atoms with van der Waals surface area (Å²) in [6.07, 6.45) is 5.12. The number of terminal acetylenes is 1. The monoisotopic (exact) mass is 280 g/mol. The number of carbonyl (C=O) groups excluding carboxylic acids is 1. The van der Waals surface area contributed by atoms with Crippen molar-refractivity contribution in [3.63, 3.8) is 0 Å². The second kappa shape index (κ2) is 7.41. The average Bonchev–Trinajstić information content (AvgIpc) is 2.27. The fourth-order valence-corrected chi connectivity index (χ4v) is 1.65. The van der Waals surface area contributed by atoms with Gasteiger partial charge in [-0.2, -0.15) is 0 Å². The topological polar surface area (TPSA) is 69.6 Å². The predicted octanol–water partition coefficient (Wildman–Crippen LogP) is 1.30. The minimum absolute atomic E-state index is 0.0925. The summed E-state index contributed by atoms with van der Waals surface area (Å²) < 4.78 is 0. The molecule has 0 bridgehead atoms. The van der Waals surface area contributed by atoms with Crippen LogP contribution in [0, 0.1) is 12.3 Å². The molecule has 0 aromatic heterocycles. The number of nitrogens with zero attached hydrogens (tertiary/aromatic N) is 1. The number of rotatable bonds is 6. The van der Waals surface area contributed by atoms with E-state index in [2.05, 4.69) is 11.2 Å². The van der Waals surface area contributed by atoms with E-state index in [-0.39, 0.29) is 25.5 Å². The molecule has 1 aromatic rings. The van der Waals surface area contributed by atoms with Crippen molar-refractivity contribution in [2.24, 2.45) is 0 Å². The van der Waals surface area contributed by atoms with Gasteiger partial charge >= 0.3 is 5.97 Å². The van der Waals surface area contributed by atoms with E-state index >= 15 is 0 Å². The first-order valence-electron chi connectivity index (χ1n) is 5.44. The normalized spacial score (nSPS) is 9.95. The smallest absolute Gasteiger partial charge is 0.317 e. The van der Waals surface area contributed by atoms with Gasteiger partial charge in [-0.05, 0) is 18.2 Å². The van der Waals surface area contributed by atoms with Gasteiger partial charge in [-0.25, -0.2) is 0 Å². The second-order valence-electron chi connectivity index (χ2n) is 3.80. The van der Waals surface area contributed by atoms with E-state index in [1.54, 1.807) is 24.3 Å². The van der Waals surface area contributed by atoms with Crippen LogP contribution in [0.5, 0.6) is 0 Å². The van der Waals surface area contributed by atoms with Crippen LogP contribution in [0.3, 0.4) is 0 Å². The molecule has 0 saturated carbocycles. The lowest BCUT2D eigenvalue weighted by molar-refractivity contribution is -0.138. The van der Waals surface area contributed by atoms with E-state index < -0.39 is 5.97 Å². The van der Waals surface area contributed by atoms with E-state index in [0.717, 1.165) is 0 Å². The molecule has 0 fully saturated rings. The third-order valence-electron chi connectivity index (χ3n) is 2.15. The summed E-state index contributed by atoms with van der Waals surface area (Å²) in [6.45, 7) is -0.286. The minimum Gasteiger partial charge on any atom is -0.480 e. The maximum Gasteiger partial charge on any atom is 0.317 e. The second-order valence-corrected chi connectivity index (χ2v) is 4.24. The first-order valence-corrected chi connectivity index (χ1v) is 5.82. The van der Waals surface area contributed by atoms with Crippen LogP contribution in [0.4, 0.5) is 5.69 Å². The van der Waals surface area contributed by atoms with Crippen LogP contribution in [0.2, 0.25) is 5.02 Å². The Morgan fingerprint density at radius 2 is 2.16 bits per heavy atom. The zero-order valence-corrected chi connectivity index (χ0v) is 10.9. The molecule has 0 aliphatic rings. The molecule has 2 N–H and O–H groups in total. The van der Waals surface area contributed by atoms with Gasteiger partial charge in [0.25, 0.3) is 0 Å². The average molecular weight is 281 g/mol. The maximum absolute atomic E-state index is 11.7. The van der Waals surface area contributed by atoms with Gasteiger partial charge in [-0.3, -0.25) is 14.5 Å². The molecule has 1 amide bonds.